The van der Waals surface area contributed by atoms with Crippen molar-refractivity contribution in [2.75, 3.05) is 5.73 Å². The smallest absolute Gasteiger partial charge is 0.341 e. The van der Waals surface area contributed by atoms with Crippen molar-refractivity contribution in [1.29, 1.82) is 0 Å². The third-order valence-corrected chi connectivity index (χ3v) is 2.14. The Morgan fingerprint density at radius 3 is 2.81 bits per heavy atom. The second-order valence-electron chi connectivity index (χ2n) is 3.21. The van der Waals surface area contributed by atoms with Crippen LogP contribution in [0, 0.1) is 0 Å². The number of rotatable bonds is 2. The average Bonchev–Trinajstić information content (AvgIpc) is 2.60. The third-order valence-electron chi connectivity index (χ3n) is 2.14. The summed E-state index contributed by atoms with van der Waals surface area (Å²) < 4.78 is 0. The van der Waals surface area contributed by atoms with Gasteiger partial charge in [-0.05, 0) is 12.1 Å². The van der Waals surface area contributed by atoms with Crippen molar-refractivity contribution in [3.05, 3.63) is 29.8 Å². The van der Waals surface area contributed by atoms with Gasteiger partial charge in [-0.3, -0.25) is 5.10 Å². The number of carbonyl (C=O) groups is 1. The van der Waals surface area contributed by atoms with Gasteiger partial charge in [0.2, 0.25) is 0 Å². The molecule has 0 saturated carbocycles. The molecule has 2 rings (SSSR count). The summed E-state index contributed by atoms with van der Waals surface area (Å²) in [7, 11) is 0. The molecule has 1 heterocycles. The Morgan fingerprint density at radius 2 is 2.19 bits per heavy atom. The van der Waals surface area contributed by atoms with Crippen molar-refractivity contribution in [3.63, 3.8) is 0 Å². The quantitative estimate of drug-likeness (QED) is 0.603. The van der Waals surface area contributed by atoms with E-state index in [2.05, 4.69) is 10.2 Å². The number of aromatic carboxylic acids is 1. The number of nitrogens with two attached hydrogens (primary N) is 1. The molecule has 0 bridgehead atoms. The lowest BCUT2D eigenvalue weighted by Gasteiger charge is -2.00. The first kappa shape index (κ1) is 10.0. The van der Waals surface area contributed by atoms with Crippen LogP contribution in [0.15, 0.2) is 24.3 Å². The number of aromatic amines is 1. The van der Waals surface area contributed by atoms with Gasteiger partial charge in [0.25, 0.3) is 0 Å². The molecule has 0 atom stereocenters. The zero-order valence-corrected chi connectivity index (χ0v) is 8.14. The van der Waals surface area contributed by atoms with Crippen molar-refractivity contribution in [1.82, 2.24) is 10.2 Å². The summed E-state index contributed by atoms with van der Waals surface area (Å²) in [4.78, 5) is 11.0. The molecule has 6 heteroatoms. The molecule has 82 valence electrons. The molecule has 2 aromatic rings. The lowest BCUT2D eigenvalue weighted by atomic mass is 10.1. The first-order chi connectivity index (χ1) is 7.59. The second-order valence-corrected chi connectivity index (χ2v) is 3.21. The Kier molecular flexibility index (Phi) is 2.24. The van der Waals surface area contributed by atoms with Crippen molar-refractivity contribution >= 4 is 11.8 Å². The second kappa shape index (κ2) is 3.58. The highest BCUT2D eigenvalue weighted by Gasteiger charge is 2.19. The van der Waals surface area contributed by atoms with Gasteiger partial charge in [-0.25, -0.2) is 4.79 Å². The number of anilines is 1. The predicted molar refractivity (Wildman–Crippen MR) is 57.1 cm³/mol. The van der Waals surface area contributed by atoms with E-state index < -0.39 is 5.97 Å². The van der Waals surface area contributed by atoms with Crippen LogP contribution >= 0.6 is 0 Å². The Hall–Kier alpha value is -2.50. The molecule has 0 saturated heterocycles. The number of benzene rings is 1. The zero-order valence-electron chi connectivity index (χ0n) is 8.14. The molecular formula is C10H9N3O3. The Bertz CT molecular complexity index is 548. The zero-order chi connectivity index (χ0) is 11.7. The van der Waals surface area contributed by atoms with E-state index in [9.17, 15) is 9.90 Å². The van der Waals surface area contributed by atoms with E-state index in [1.54, 1.807) is 12.1 Å². The number of nitrogen functional groups attached to an aromatic ring is 1. The third kappa shape index (κ3) is 1.56. The fraction of sp³-hybridized carbons (Fsp3) is 0. The molecule has 16 heavy (non-hydrogen) atoms. The van der Waals surface area contributed by atoms with Gasteiger partial charge >= 0.3 is 5.97 Å². The van der Waals surface area contributed by atoms with E-state index in [4.69, 9.17) is 10.8 Å². The molecule has 1 aromatic carbocycles. The molecular weight excluding hydrogens is 210 g/mol. The lowest BCUT2D eigenvalue weighted by Crippen LogP contribution is -2.01. The molecule has 0 aliphatic rings. The maximum Gasteiger partial charge on any atom is 0.341 e. The number of phenolic OH excluding ortho intramolecular Hbond substituents is 1. The molecule has 5 N–H and O–H groups in total. The maximum atomic E-state index is 11.0. The number of H-pyrrole nitrogens is 1. The molecule has 0 spiro atoms. The Morgan fingerprint density at radius 1 is 1.44 bits per heavy atom. The minimum atomic E-state index is -1.16. The number of nitrogens with zero attached hydrogens (tertiary/aromatic N) is 1. The van der Waals surface area contributed by atoms with E-state index in [-0.39, 0.29) is 22.8 Å². The largest absolute Gasteiger partial charge is 0.508 e. The summed E-state index contributed by atoms with van der Waals surface area (Å²) in [5.74, 6) is -1.20. The average molecular weight is 219 g/mol. The number of hydrogen-bond donors (Lipinski definition) is 4. The summed E-state index contributed by atoms with van der Waals surface area (Å²) in [5.41, 5.74) is 6.13. The number of hydrogen-bond acceptors (Lipinski definition) is 4. The Labute approximate surface area is 90.3 Å². The van der Waals surface area contributed by atoms with Gasteiger partial charge < -0.3 is 15.9 Å². The molecule has 1 aromatic heterocycles. The highest BCUT2D eigenvalue weighted by atomic mass is 16.4. The molecule has 0 radical (unpaired) electrons. The highest BCUT2D eigenvalue weighted by Crippen LogP contribution is 2.27. The van der Waals surface area contributed by atoms with Crippen LogP contribution in [0.5, 0.6) is 5.75 Å². The van der Waals surface area contributed by atoms with E-state index in [0.29, 0.717) is 5.56 Å². The summed E-state index contributed by atoms with van der Waals surface area (Å²) in [6.45, 7) is 0. The monoisotopic (exact) mass is 219 g/mol. The number of aromatic nitrogens is 2. The minimum absolute atomic E-state index is 0.0435. The maximum absolute atomic E-state index is 11.0. The molecule has 0 fully saturated rings. The van der Waals surface area contributed by atoms with Gasteiger partial charge in [0.15, 0.2) is 5.82 Å². The van der Waals surface area contributed by atoms with Crippen LogP contribution in [0.2, 0.25) is 0 Å². The van der Waals surface area contributed by atoms with Crippen LogP contribution in [0.4, 0.5) is 5.82 Å². The number of carboxylic acid groups (broad SMARTS) is 1. The van der Waals surface area contributed by atoms with Crippen LogP contribution in [0.25, 0.3) is 11.3 Å². The standard InChI is InChI=1S/C10H9N3O3/c11-9-7(10(15)16)8(12-13-9)5-2-1-3-6(14)4-5/h1-4,14H,(H,15,16)(H3,11,12,13). The molecule has 0 aliphatic heterocycles. The number of carboxylic acids is 1. The van der Waals surface area contributed by atoms with Gasteiger partial charge in [0.05, 0.1) is 5.69 Å². The number of phenols is 1. The summed E-state index contributed by atoms with van der Waals surface area (Å²) in [6, 6.07) is 6.18. The first-order valence-electron chi connectivity index (χ1n) is 4.46. The molecule has 0 amide bonds. The van der Waals surface area contributed by atoms with Crippen LogP contribution in [0.1, 0.15) is 10.4 Å². The van der Waals surface area contributed by atoms with E-state index in [1.807, 2.05) is 0 Å². The van der Waals surface area contributed by atoms with E-state index >= 15 is 0 Å². The van der Waals surface area contributed by atoms with E-state index in [0.717, 1.165) is 0 Å². The van der Waals surface area contributed by atoms with Gasteiger partial charge in [-0.2, -0.15) is 5.10 Å². The minimum Gasteiger partial charge on any atom is -0.508 e. The van der Waals surface area contributed by atoms with Gasteiger partial charge in [-0.15, -0.1) is 0 Å². The SMILES string of the molecule is Nc1n[nH]c(-c2cccc(O)c2)c1C(=O)O. The first-order valence-corrected chi connectivity index (χ1v) is 4.46. The molecule has 0 aliphatic carbocycles. The van der Waals surface area contributed by atoms with Crippen molar-refractivity contribution in [2.24, 2.45) is 0 Å². The molecule has 6 nitrogen and oxygen atoms in total. The molecule has 0 unspecified atom stereocenters. The number of nitrogens with one attached hydrogen (secondary N) is 1. The van der Waals surface area contributed by atoms with Crippen LogP contribution in [-0.4, -0.2) is 26.4 Å². The fourth-order valence-electron chi connectivity index (χ4n) is 1.44. The van der Waals surface area contributed by atoms with Crippen molar-refractivity contribution in [2.45, 2.75) is 0 Å². The van der Waals surface area contributed by atoms with Crippen LogP contribution in [-0.2, 0) is 0 Å². The summed E-state index contributed by atoms with van der Waals surface area (Å²) in [5, 5.41) is 24.4. The Balaban J connectivity index is 2.60. The summed E-state index contributed by atoms with van der Waals surface area (Å²) >= 11 is 0. The number of aromatic hydroxyl groups is 1. The van der Waals surface area contributed by atoms with Gasteiger partial charge in [0, 0.05) is 5.56 Å². The predicted octanol–water partition coefficient (Wildman–Crippen LogP) is 1.06. The van der Waals surface area contributed by atoms with Gasteiger partial charge in [0.1, 0.15) is 11.3 Å². The van der Waals surface area contributed by atoms with E-state index in [1.165, 1.54) is 12.1 Å². The van der Waals surface area contributed by atoms with Crippen LogP contribution in [0.3, 0.4) is 0 Å². The highest BCUT2D eigenvalue weighted by molar-refractivity contribution is 5.99. The lowest BCUT2D eigenvalue weighted by molar-refractivity contribution is 0.0699. The van der Waals surface area contributed by atoms with Crippen molar-refractivity contribution < 1.29 is 15.0 Å². The van der Waals surface area contributed by atoms with Crippen molar-refractivity contribution in [3.8, 4) is 17.0 Å². The normalized spacial score (nSPS) is 10.2. The fourth-order valence-corrected chi connectivity index (χ4v) is 1.44. The van der Waals surface area contributed by atoms with Gasteiger partial charge in [-0.1, -0.05) is 12.1 Å². The topological polar surface area (TPSA) is 112 Å². The summed E-state index contributed by atoms with van der Waals surface area (Å²) in [6.07, 6.45) is 0. The van der Waals surface area contributed by atoms with Crippen LogP contribution < -0.4 is 5.73 Å².